The van der Waals surface area contributed by atoms with E-state index in [0.717, 1.165) is 5.56 Å². The molecule has 4 nitrogen and oxygen atoms in total. The first-order valence-electron chi connectivity index (χ1n) is 31.5. The maximum Gasteiger partial charge on any atom is 0.148 e. The molecule has 2 aromatic heterocycles. The summed E-state index contributed by atoms with van der Waals surface area (Å²) in [5.74, 6) is -3.15. The average molecular weight is 1050 g/mol. The predicted molar refractivity (Wildman–Crippen MR) is 268 cm³/mol. The summed E-state index contributed by atoms with van der Waals surface area (Å²) < 4.78 is 192. The number of aromatic hydroxyl groups is 1. The number of benzene rings is 7. The van der Waals surface area contributed by atoms with Gasteiger partial charge in [-0.25, -0.2) is 4.98 Å². The maximum absolute atomic E-state index is 13.1. The Morgan fingerprint density at radius 1 is 0.615 bits per heavy atom. The Balaban J connectivity index is 0.00000982. The van der Waals surface area contributed by atoms with Crippen LogP contribution in [0.25, 0.3) is 83.9 Å². The van der Waals surface area contributed by atoms with Crippen LogP contribution in [0, 0.1) is 12.9 Å². The van der Waals surface area contributed by atoms with Crippen molar-refractivity contribution in [1.82, 2.24) is 14.5 Å². The van der Waals surface area contributed by atoms with E-state index in [1.165, 1.54) is 16.7 Å². The number of pyridine rings is 1. The minimum Gasteiger partial charge on any atom is -0.507 e. The van der Waals surface area contributed by atoms with E-state index in [0.29, 0.717) is 61.8 Å². The fourth-order valence-electron chi connectivity index (χ4n) is 8.01. The van der Waals surface area contributed by atoms with Gasteiger partial charge >= 0.3 is 0 Å². The summed E-state index contributed by atoms with van der Waals surface area (Å²) in [5, 5.41) is 13.1. The van der Waals surface area contributed by atoms with Gasteiger partial charge in [0.1, 0.15) is 11.6 Å². The van der Waals surface area contributed by atoms with Crippen LogP contribution in [-0.4, -0.2) is 19.6 Å². The molecule has 0 saturated carbocycles. The van der Waals surface area contributed by atoms with Crippen LogP contribution in [0.15, 0.2) is 164 Å². The van der Waals surface area contributed by atoms with Crippen molar-refractivity contribution in [2.24, 2.45) is 0 Å². The minimum atomic E-state index is -4.19. The van der Waals surface area contributed by atoms with E-state index in [4.69, 9.17) is 40.1 Å². The second-order valence-corrected chi connectivity index (χ2v) is 16.0. The normalized spacial score (nSPS) is 18.4. The molecule has 0 fully saturated rings. The first-order chi connectivity index (χ1) is 39.6. The number of phenols is 1. The Morgan fingerprint density at radius 3 is 2.00 bits per heavy atom. The van der Waals surface area contributed by atoms with E-state index in [1.807, 2.05) is 42.5 Å². The van der Waals surface area contributed by atoms with E-state index >= 15 is 0 Å². The quantitative estimate of drug-likeness (QED) is 0.154. The number of fused-ring (bicyclic) bond motifs is 1. The second kappa shape index (κ2) is 17.9. The van der Waals surface area contributed by atoms with Crippen LogP contribution < -0.4 is 0 Å². The fraction of sp³-hybridized carbons (Fsp3) is 0.200. The Bertz CT molecular complexity index is 3930. The number of hydrogen-bond acceptors (Lipinski definition) is 3. The van der Waals surface area contributed by atoms with Crippen LogP contribution in [0.2, 0.25) is 0 Å². The van der Waals surface area contributed by atoms with Crippen molar-refractivity contribution in [3.63, 3.8) is 0 Å². The average Bonchev–Trinajstić information content (AvgIpc) is 1.29. The molecule has 0 aliphatic heterocycles. The monoisotopic (exact) mass is 1050 g/mol. The Hall–Kier alpha value is -6.35. The SMILES string of the molecule is [2H]C([2H])([2H])c1ccc(-c2ccnc(-c3[c-]c(-c4cccc5c4nc(-c4cc(C(C([2H])([2H])[2H])(C([2H])([2H])[2H])C([2H])([2H])[2H])cc(C(C([2H])([2H])[2H])(C([2H])([2H])[2H])C([2H])([2H])[2H])c4O)n5-c4ccc(C([2H])(C)C)cc4-c4ccccc4)cc(-c4ccccc4)c3)c2)cc1.[Pt]. The van der Waals surface area contributed by atoms with Gasteiger partial charge in [0, 0.05) is 74.2 Å². The second-order valence-electron chi connectivity index (χ2n) is 16.0. The molecule has 0 bridgehead atoms. The first-order valence-corrected chi connectivity index (χ1v) is 20.5. The number of phenolic OH excluding ortho intramolecular Hbond substituents is 1. The first kappa shape index (κ1) is 25.4. The summed E-state index contributed by atoms with van der Waals surface area (Å²) in [5.41, 5.74) is -5.55. The van der Waals surface area contributed by atoms with Crippen molar-refractivity contribution in [1.29, 1.82) is 0 Å². The van der Waals surface area contributed by atoms with Crippen molar-refractivity contribution in [3.8, 4) is 78.6 Å². The van der Waals surface area contributed by atoms with Crippen molar-refractivity contribution in [2.45, 2.75) is 78.5 Å². The van der Waals surface area contributed by atoms with Crippen LogP contribution in [-0.2, 0) is 31.9 Å². The minimum absolute atomic E-state index is 0. The third-order valence-electron chi connectivity index (χ3n) is 11.3. The topological polar surface area (TPSA) is 50.9 Å². The summed E-state index contributed by atoms with van der Waals surface area (Å²) in [4.78, 5) is 9.88. The van der Waals surface area contributed by atoms with Gasteiger partial charge in [-0.2, -0.15) is 0 Å². The zero-order valence-electron chi connectivity index (χ0n) is 57.2. The van der Waals surface area contributed by atoms with Crippen LogP contribution in [0.5, 0.6) is 5.75 Å². The van der Waals surface area contributed by atoms with Crippen molar-refractivity contribution >= 4 is 11.0 Å². The molecule has 0 aliphatic carbocycles. The Kier molecular flexibility index (Phi) is 6.99. The van der Waals surface area contributed by atoms with Crippen molar-refractivity contribution in [2.75, 3.05) is 0 Å². The van der Waals surface area contributed by atoms with Crippen LogP contribution in [0.4, 0.5) is 0 Å². The van der Waals surface area contributed by atoms with Gasteiger partial charge in [0.15, 0.2) is 0 Å². The summed E-state index contributed by atoms with van der Waals surface area (Å²) in [6.07, 6.45) is 1.59. The number of rotatable bonds is 8. The molecule has 0 unspecified atom stereocenters. The molecule has 7 aromatic carbocycles. The van der Waals surface area contributed by atoms with E-state index in [9.17, 15) is 5.11 Å². The Labute approximate surface area is 430 Å². The molecule has 1 N–H and O–H groups in total. The molecular weight excluding hydrogens is 974 g/mol. The molecule has 0 amide bonds. The summed E-state index contributed by atoms with van der Waals surface area (Å²) >= 11 is 0. The van der Waals surface area contributed by atoms with E-state index in [1.54, 1.807) is 111 Å². The van der Waals surface area contributed by atoms with Gasteiger partial charge in [-0.1, -0.05) is 192 Å². The summed E-state index contributed by atoms with van der Waals surface area (Å²) in [6.45, 7) is -23.8. The zero-order valence-corrected chi connectivity index (χ0v) is 37.5. The smallest absolute Gasteiger partial charge is 0.148 e. The molecule has 328 valence electrons. The number of nitrogens with zero attached hydrogens (tertiary/aromatic N) is 3. The molecular formula is C60H56N3OPt-. The third-order valence-corrected chi connectivity index (χ3v) is 11.3. The molecule has 5 heteroatoms. The molecule has 2 heterocycles. The number of aromatic nitrogens is 3. The largest absolute Gasteiger partial charge is 0.507 e. The van der Waals surface area contributed by atoms with Gasteiger partial charge in [-0.3, -0.25) is 9.55 Å². The van der Waals surface area contributed by atoms with Crippen LogP contribution in [0.3, 0.4) is 0 Å². The molecule has 0 spiro atoms. The molecule has 65 heavy (non-hydrogen) atoms. The van der Waals surface area contributed by atoms with E-state index in [2.05, 4.69) is 6.07 Å². The van der Waals surface area contributed by atoms with Gasteiger partial charge in [0.05, 0.1) is 22.3 Å². The van der Waals surface area contributed by atoms with E-state index < -0.39 is 93.0 Å². The summed E-state index contributed by atoms with van der Waals surface area (Å²) in [6, 6.07) is 46.0. The number of hydrogen-bond donors (Lipinski definition) is 1. The molecule has 9 aromatic rings. The maximum atomic E-state index is 13.1. The van der Waals surface area contributed by atoms with Gasteiger partial charge < -0.3 is 5.11 Å². The molecule has 0 saturated heterocycles. The standard InChI is InChI=1S/C60H56N3O.Pt/c1-38(2)43-27-28-54(50(34-43)42-19-14-11-15-20-42)63-55-22-16-21-49(56(55)62-58(63)51-36-48(59(4,5)6)37-52(57(51)64)60(7,8)9)46-31-45(40-17-12-10-13-18-40)32-47(33-46)53-35-44(29-30-61-53)41-25-23-39(3)24-26-41;/h10-32,34-38,64H,1-9H3;/q-1;/i3D3,4D3,5D3,6D3,7D3,8D3,9D3,38D;. The third kappa shape index (κ3) is 9.02. The Morgan fingerprint density at radius 2 is 1.31 bits per heavy atom. The van der Waals surface area contributed by atoms with Gasteiger partial charge in [0.2, 0.25) is 0 Å². The number of imidazole rings is 1. The van der Waals surface area contributed by atoms with Crippen molar-refractivity contribution < 1.29 is 56.3 Å². The van der Waals surface area contributed by atoms with Crippen LogP contribution in [0.1, 0.15) is 113 Å². The fourth-order valence-corrected chi connectivity index (χ4v) is 8.01. The van der Waals surface area contributed by atoms with Crippen molar-refractivity contribution in [3.05, 3.63) is 192 Å². The van der Waals surface area contributed by atoms with Crippen LogP contribution >= 0.6 is 0 Å². The van der Waals surface area contributed by atoms with Gasteiger partial charge in [-0.15, -0.1) is 23.8 Å². The molecule has 9 rings (SSSR count). The molecule has 0 aliphatic rings. The van der Waals surface area contributed by atoms with E-state index in [-0.39, 0.29) is 49.4 Å². The summed E-state index contributed by atoms with van der Waals surface area (Å²) in [7, 11) is 0. The van der Waals surface area contributed by atoms with Gasteiger partial charge in [0.25, 0.3) is 0 Å². The molecule has 0 radical (unpaired) electrons. The molecule has 0 atom stereocenters. The number of para-hydroxylation sites is 1. The predicted octanol–water partition coefficient (Wildman–Crippen LogP) is 16.0. The number of aryl methyl sites for hydroxylation is 1. The zero-order chi connectivity index (χ0) is 63.3. The van der Waals surface area contributed by atoms with Gasteiger partial charge in [-0.05, 0) is 87.3 Å².